The molecule has 3 heteroatoms. The summed E-state index contributed by atoms with van der Waals surface area (Å²) in [4.78, 5) is 2.25. The average molecular weight is 236 g/mol. The van der Waals surface area contributed by atoms with Crippen molar-refractivity contribution in [2.45, 2.75) is 19.8 Å². The van der Waals surface area contributed by atoms with Crippen molar-refractivity contribution in [1.29, 1.82) is 0 Å². The van der Waals surface area contributed by atoms with Crippen molar-refractivity contribution in [2.24, 2.45) is 11.7 Å². The molecule has 0 saturated carbocycles. The summed E-state index contributed by atoms with van der Waals surface area (Å²) in [6.45, 7) is 3.95. The zero-order valence-corrected chi connectivity index (χ0v) is 11.1. The van der Waals surface area contributed by atoms with E-state index in [-0.39, 0.29) is 0 Å². The zero-order valence-electron chi connectivity index (χ0n) is 11.1. The van der Waals surface area contributed by atoms with E-state index in [1.807, 2.05) is 12.1 Å². The standard InChI is InChI=1S/C14H24N2O/c1-4-6-12(10-15)11-16(2)13-7-5-8-14(9-13)17-3/h5,7-9,12H,4,6,10-11,15H2,1-3H3. The van der Waals surface area contributed by atoms with Gasteiger partial charge in [0.1, 0.15) is 5.75 Å². The number of benzene rings is 1. The highest BCUT2D eigenvalue weighted by Gasteiger charge is 2.10. The minimum absolute atomic E-state index is 0.566. The van der Waals surface area contributed by atoms with Gasteiger partial charge in [0.2, 0.25) is 0 Å². The Kier molecular flexibility index (Phi) is 5.84. The lowest BCUT2D eigenvalue weighted by atomic mass is 10.0. The number of anilines is 1. The molecule has 0 bridgehead atoms. The zero-order chi connectivity index (χ0) is 12.7. The summed E-state index contributed by atoms with van der Waals surface area (Å²) in [5.74, 6) is 1.46. The SMILES string of the molecule is CCCC(CN)CN(C)c1cccc(OC)c1. The molecule has 0 radical (unpaired) electrons. The molecule has 0 aliphatic carbocycles. The summed E-state index contributed by atoms with van der Waals surface area (Å²) in [5, 5.41) is 0. The van der Waals surface area contributed by atoms with Crippen LogP contribution in [0.3, 0.4) is 0 Å². The van der Waals surface area contributed by atoms with Crippen molar-refractivity contribution < 1.29 is 4.74 Å². The number of hydrogen-bond acceptors (Lipinski definition) is 3. The first kappa shape index (κ1) is 13.8. The highest BCUT2D eigenvalue weighted by atomic mass is 16.5. The van der Waals surface area contributed by atoms with Crippen molar-refractivity contribution in [3.05, 3.63) is 24.3 Å². The maximum atomic E-state index is 5.79. The smallest absolute Gasteiger partial charge is 0.120 e. The van der Waals surface area contributed by atoms with Crippen LogP contribution in [0.2, 0.25) is 0 Å². The molecule has 0 heterocycles. The predicted molar refractivity (Wildman–Crippen MR) is 73.7 cm³/mol. The quantitative estimate of drug-likeness (QED) is 0.790. The van der Waals surface area contributed by atoms with E-state index in [1.54, 1.807) is 7.11 Å². The molecular formula is C14H24N2O. The van der Waals surface area contributed by atoms with Gasteiger partial charge >= 0.3 is 0 Å². The molecule has 96 valence electrons. The molecule has 0 aromatic heterocycles. The number of nitrogens with two attached hydrogens (primary N) is 1. The van der Waals surface area contributed by atoms with E-state index < -0.39 is 0 Å². The Morgan fingerprint density at radius 1 is 1.41 bits per heavy atom. The molecule has 0 spiro atoms. The molecule has 1 rings (SSSR count). The molecule has 17 heavy (non-hydrogen) atoms. The van der Waals surface area contributed by atoms with Crippen molar-refractivity contribution >= 4 is 5.69 Å². The van der Waals surface area contributed by atoms with E-state index >= 15 is 0 Å². The van der Waals surface area contributed by atoms with Crippen LogP contribution in [-0.2, 0) is 0 Å². The molecule has 0 aliphatic rings. The fourth-order valence-electron chi connectivity index (χ4n) is 2.03. The molecule has 3 nitrogen and oxygen atoms in total. The Balaban J connectivity index is 2.64. The van der Waals surface area contributed by atoms with Crippen LogP contribution in [0, 0.1) is 5.92 Å². The minimum atomic E-state index is 0.566. The molecule has 2 N–H and O–H groups in total. The molecular weight excluding hydrogens is 212 g/mol. The van der Waals surface area contributed by atoms with Gasteiger partial charge < -0.3 is 15.4 Å². The Morgan fingerprint density at radius 3 is 2.76 bits per heavy atom. The second-order valence-electron chi connectivity index (χ2n) is 4.47. The highest BCUT2D eigenvalue weighted by molar-refractivity contribution is 5.50. The number of rotatable bonds is 7. The monoisotopic (exact) mass is 236 g/mol. The van der Waals surface area contributed by atoms with E-state index in [2.05, 4.69) is 31.0 Å². The summed E-state index contributed by atoms with van der Waals surface area (Å²) in [6, 6.07) is 8.13. The van der Waals surface area contributed by atoms with Crippen LogP contribution in [0.4, 0.5) is 5.69 Å². The van der Waals surface area contributed by atoms with E-state index in [4.69, 9.17) is 10.5 Å². The van der Waals surface area contributed by atoms with Gasteiger partial charge in [0.05, 0.1) is 7.11 Å². The van der Waals surface area contributed by atoms with Gasteiger partial charge in [0, 0.05) is 25.3 Å². The lowest BCUT2D eigenvalue weighted by Gasteiger charge is -2.25. The molecule has 0 saturated heterocycles. The number of methoxy groups -OCH3 is 1. The van der Waals surface area contributed by atoms with Crippen molar-refractivity contribution in [2.75, 3.05) is 32.1 Å². The lowest BCUT2D eigenvalue weighted by molar-refractivity contribution is 0.414. The molecule has 1 unspecified atom stereocenters. The average Bonchev–Trinajstić information content (AvgIpc) is 2.38. The maximum absolute atomic E-state index is 5.79. The van der Waals surface area contributed by atoms with E-state index in [0.29, 0.717) is 5.92 Å². The normalized spacial score (nSPS) is 12.2. The Morgan fingerprint density at radius 2 is 2.18 bits per heavy atom. The van der Waals surface area contributed by atoms with Crippen molar-refractivity contribution in [3.63, 3.8) is 0 Å². The molecule has 0 aliphatic heterocycles. The summed E-state index contributed by atoms with van der Waals surface area (Å²) in [7, 11) is 3.80. The molecule has 1 atom stereocenters. The lowest BCUT2D eigenvalue weighted by Crippen LogP contribution is -2.30. The predicted octanol–water partition coefficient (Wildman–Crippen LogP) is 2.51. The van der Waals surface area contributed by atoms with Crippen LogP contribution >= 0.6 is 0 Å². The largest absolute Gasteiger partial charge is 0.497 e. The second kappa shape index (κ2) is 7.17. The molecule has 0 fully saturated rings. The third-order valence-electron chi connectivity index (χ3n) is 3.06. The molecule has 0 amide bonds. The summed E-state index contributed by atoms with van der Waals surface area (Å²) in [5.41, 5.74) is 6.97. The molecule has 1 aromatic rings. The first-order valence-electron chi connectivity index (χ1n) is 6.26. The van der Waals surface area contributed by atoms with Gasteiger partial charge in [-0.1, -0.05) is 19.4 Å². The van der Waals surface area contributed by atoms with E-state index in [0.717, 1.165) is 18.8 Å². The maximum Gasteiger partial charge on any atom is 0.120 e. The number of ether oxygens (including phenoxy) is 1. The van der Waals surface area contributed by atoms with Gasteiger partial charge in [0.25, 0.3) is 0 Å². The minimum Gasteiger partial charge on any atom is -0.497 e. The summed E-state index contributed by atoms with van der Waals surface area (Å²) >= 11 is 0. The Labute approximate surface area is 105 Å². The summed E-state index contributed by atoms with van der Waals surface area (Å²) in [6.07, 6.45) is 2.37. The number of hydrogen-bond donors (Lipinski definition) is 1. The summed E-state index contributed by atoms with van der Waals surface area (Å²) < 4.78 is 5.23. The van der Waals surface area contributed by atoms with Crippen LogP contribution in [0.1, 0.15) is 19.8 Å². The Bertz CT molecular complexity index is 328. The van der Waals surface area contributed by atoms with Crippen molar-refractivity contribution in [3.8, 4) is 5.75 Å². The van der Waals surface area contributed by atoms with Gasteiger partial charge in [0.15, 0.2) is 0 Å². The van der Waals surface area contributed by atoms with E-state index in [1.165, 1.54) is 18.5 Å². The van der Waals surface area contributed by atoms with Gasteiger partial charge in [-0.3, -0.25) is 0 Å². The van der Waals surface area contributed by atoms with E-state index in [9.17, 15) is 0 Å². The van der Waals surface area contributed by atoms with Gasteiger partial charge in [-0.05, 0) is 31.0 Å². The third kappa shape index (κ3) is 4.27. The Hall–Kier alpha value is -1.22. The number of nitrogens with zero attached hydrogens (tertiary/aromatic N) is 1. The van der Waals surface area contributed by atoms with Gasteiger partial charge in [-0.25, -0.2) is 0 Å². The third-order valence-corrected chi connectivity index (χ3v) is 3.06. The van der Waals surface area contributed by atoms with Crippen LogP contribution in [0.25, 0.3) is 0 Å². The van der Waals surface area contributed by atoms with Crippen LogP contribution in [0.5, 0.6) is 5.75 Å². The topological polar surface area (TPSA) is 38.5 Å². The first-order valence-corrected chi connectivity index (χ1v) is 6.26. The van der Waals surface area contributed by atoms with Crippen molar-refractivity contribution in [1.82, 2.24) is 0 Å². The van der Waals surface area contributed by atoms with Crippen LogP contribution in [0.15, 0.2) is 24.3 Å². The van der Waals surface area contributed by atoms with Gasteiger partial charge in [-0.2, -0.15) is 0 Å². The highest BCUT2D eigenvalue weighted by Crippen LogP contribution is 2.21. The fourth-order valence-corrected chi connectivity index (χ4v) is 2.03. The second-order valence-corrected chi connectivity index (χ2v) is 4.47. The first-order chi connectivity index (χ1) is 8.21. The fraction of sp³-hybridized carbons (Fsp3) is 0.571. The molecule has 1 aromatic carbocycles. The van der Waals surface area contributed by atoms with Gasteiger partial charge in [-0.15, -0.1) is 0 Å². The van der Waals surface area contributed by atoms with Crippen LogP contribution in [-0.4, -0.2) is 27.2 Å². The van der Waals surface area contributed by atoms with Crippen LogP contribution < -0.4 is 15.4 Å².